The third kappa shape index (κ3) is 52.6. The average molecular weight is 928 g/mol. The molecule has 0 fully saturated rings. The lowest BCUT2D eigenvalue weighted by molar-refractivity contribution is -0.167. The summed E-state index contributed by atoms with van der Waals surface area (Å²) in [7, 11) is 0. The molecule has 386 valence electrons. The van der Waals surface area contributed by atoms with Crippen LogP contribution in [0.3, 0.4) is 0 Å². The van der Waals surface area contributed by atoms with Gasteiger partial charge in [0.2, 0.25) is 0 Å². The third-order valence-corrected chi connectivity index (χ3v) is 12.9. The summed E-state index contributed by atoms with van der Waals surface area (Å²) in [5, 5.41) is 0. The van der Waals surface area contributed by atoms with E-state index in [1.807, 2.05) is 0 Å². The molecule has 0 aromatic heterocycles. The van der Waals surface area contributed by atoms with Crippen LogP contribution in [-0.4, -0.2) is 37.2 Å². The molecule has 0 radical (unpaired) electrons. The predicted molar refractivity (Wildman–Crippen MR) is 284 cm³/mol. The Morgan fingerprint density at radius 3 is 0.879 bits per heavy atom. The maximum Gasteiger partial charge on any atom is 0.306 e. The minimum atomic E-state index is -0.779. The van der Waals surface area contributed by atoms with Crippen molar-refractivity contribution < 1.29 is 28.6 Å². The van der Waals surface area contributed by atoms with Crippen molar-refractivity contribution >= 4 is 17.9 Å². The van der Waals surface area contributed by atoms with Crippen molar-refractivity contribution in [3.8, 4) is 0 Å². The van der Waals surface area contributed by atoms with Gasteiger partial charge in [0.25, 0.3) is 0 Å². The zero-order chi connectivity index (χ0) is 47.9. The summed E-state index contributed by atoms with van der Waals surface area (Å²) in [6, 6.07) is 0. The van der Waals surface area contributed by atoms with Crippen LogP contribution >= 0.6 is 0 Å². The molecule has 0 rings (SSSR count). The Morgan fingerprint density at radius 1 is 0.303 bits per heavy atom. The molecule has 0 spiro atoms. The van der Waals surface area contributed by atoms with E-state index < -0.39 is 6.10 Å². The number of rotatable bonds is 53. The van der Waals surface area contributed by atoms with E-state index in [1.54, 1.807) is 0 Å². The molecule has 0 saturated carbocycles. The molecule has 0 aliphatic carbocycles. The number of carbonyl (C=O) groups is 3. The number of allylic oxidation sites excluding steroid dienone is 6. The number of hydrogen-bond donors (Lipinski definition) is 0. The molecule has 0 aliphatic heterocycles. The molecule has 0 bridgehead atoms. The smallest absolute Gasteiger partial charge is 0.306 e. The van der Waals surface area contributed by atoms with Crippen LogP contribution in [0, 0.1) is 0 Å². The summed E-state index contributed by atoms with van der Waals surface area (Å²) in [6.45, 7) is 6.63. The number of ether oxygens (including phenoxy) is 3. The van der Waals surface area contributed by atoms with Crippen LogP contribution in [0.15, 0.2) is 36.5 Å². The van der Waals surface area contributed by atoms with Gasteiger partial charge in [-0.2, -0.15) is 0 Å². The van der Waals surface area contributed by atoms with Gasteiger partial charge in [-0.1, -0.05) is 250 Å². The first-order chi connectivity index (χ1) is 32.5. The zero-order valence-electron chi connectivity index (χ0n) is 44.2. The summed E-state index contributed by atoms with van der Waals surface area (Å²) < 4.78 is 16.9. The van der Waals surface area contributed by atoms with Gasteiger partial charge in [0.15, 0.2) is 6.10 Å². The van der Waals surface area contributed by atoms with Crippen LogP contribution in [0.25, 0.3) is 0 Å². The van der Waals surface area contributed by atoms with E-state index in [0.29, 0.717) is 19.3 Å². The fraction of sp³-hybridized carbons (Fsp3) is 0.850. The van der Waals surface area contributed by atoms with Crippen molar-refractivity contribution in [2.24, 2.45) is 0 Å². The maximum absolute atomic E-state index is 12.8. The van der Waals surface area contributed by atoms with Gasteiger partial charge in [-0.15, -0.1) is 0 Å². The van der Waals surface area contributed by atoms with Gasteiger partial charge in [-0.25, -0.2) is 0 Å². The van der Waals surface area contributed by atoms with Crippen LogP contribution in [-0.2, 0) is 28.6 Å². The minimum absolute atomic E-state index is 0.0764. The van der Waals surface area contributed by atoms with Crippen LogP contribution < -0.4 is 0 Å². The van der Waals surface area contributed by atoms with Crippen molar-refractivity contribution in [2.75, 3.05) is 13.2 Å². The monoisotopic (exact) mass is 927 g/mol. The average Bonchev–Trinajstić information content (AvgIpc) is 3.31. The fourth-order valence-electron chi connectivity index (χ4n) is 8.47. The van der Waals surface area contributed by atoms with Gasteiger partial charge in [-0.3, -0.25) is 14.4 Å². The normalized spacial score (nSPS) is 12.2. The van der Waals surface area contributed by atoms with E-state index in [0.717, 1.165) is 83.5 Å². The lowest BCUT2D eigenvalue weighted by atomic mass is 10.0. The number of hydrogen-bond acceptors (Lipinski definition) is 6. The third-order valence-electron chi connectivity index (χ3n) is 12.9. The molecular weight excluding hydrogens is 817 g/mol. The van der Waals surface area contributed by atoms with Crippen LogP contribution in [0.2, 0.25) is 0 Å². The maximum atomic E-state index is 12.8. The molecule has 0 aromatic rings. The van der Waals surface area contributed by atoms with E-state index in [1.165, 1.54) is 186 Å². The molecule has 0 saturated heterocycles. The van der Waals surface area contributed by atoms with Crippen LogP contribution in [0.1, 0.15) is 310 Å². The van der Waals surface area contributed by atoms with Crippen LogP contribution in [0.4, 0.5) is 0 Å². The molecule has 1 atom stereocenters. The molecule has 0 unspecified atom stereocenters. The van der Waals surface area contributed by atoms with Gasteiger partial charge in [0.05, 0.1) is 0 Å². The Bertz CT molecular complexity index is 1110. The number of carbonyl (C=O) groups excluding carboxylic acids is 3. The fourth-order valence-corrected chi connectivity index (χ4v) is 8.47. The van der Waals surface area contributed by atoms with Gasteiger partial charge in [0.1, 0.15) is 13.2 Å². The van der Waals surface area contributed by atoms with Crippen molar-refractivity contribution in [1.82, 2.24) is 0 Å². The van der Waals surface area contributed by atoms with Gasteiger partial charge < -0.3 is 14.2 Å². The summed E-state index contributed by atoms with van der Waals surface area (Å²) in [6.07, 6.45) is 65.6. The lowest BCUT2D eigenvalue weighted by Crippen LogP contribution is -2.30. The van der Waals surface area contributed by atoms with E-state index in [-0.39, 0.29) is 31.1 Å². The Labute approximate surface area is 410 Å². The van der Waals surface area contributed by atoms with E-state index in [9.17, 15) is 14.4 Å². The Morgan fingerprint density at radius 2 is 0.545 bits per heavy atom. The standard InChI is InChI=1S/C60H110O6/c1-4-7-10-13-16-19-22-25-28-30-33-35-38-41-44-47-50-53-59(62)65-56-57(55-64-58(61)52-49-46-43-40-37-34-31-27-24-21-18-15-12-9-6-3)66-60(63)54-51-48-45-42-39-36-32-29-26-23-20-17-14-11-8-5-2/h18,21,27,29,31-32,57H,4-17,19-20,22-26,28,30,33-56H2,1-3H3/b21-18-,31-27-,32-29-/t57-/m1/s1. The second-order valence-electron chi connectivity index (χ2n) is 19.6. The summed E-state index contributed by atoms with van der Waals surface area (Å²) >= 11 is 0. The van der Waals surface area contributed by atoms with Crippen LogP contribution in [0.5, 0.6) is 0 Å². The summed E-state index contributed by atoms with van der Waals surface area (Å²) in [5.74, 6) is -0.882. The topological polar surface area (TPSA) is 78.9 Å². The quantitative estimate of drug-likeness (QED) is 0.0262. The SMILES string of the molecule is CCCCC/C=C\C/C=C\CCCCCCCC(=O)OC[C@H](COC(=O)CCCCCCCCCCCCCCCCCCC)OC(=O)CCCCCCC/C=C\CCCCCCCCC. The first kappa shape index (κ1) is 63.6. The first-order valence-electron chi connectivity index (χ1n) is 29.0. The van der Waals surface area contributed by atoms with Crippen molar-refractivity contribution in [3.05, 3.63) is 36.5 Å². The highest BCUT2D eigenvalue weighted by Gasteiger charge is 2.19. The second kappa shape index (κ2) is 55.2. The summed E-state index contributed by atoms with van der Waals surface area (Å²) in [5.41, 5.74) is 0. The molecule has 0 heterocycles. The van der Waals surface area contributed by atoms with E-state index >= 15 is 0 Å². The van der Waals surface area contributed by atoms with Crippen molar-refractivity contribution in [1.29, 1.82) is 0 Å². The van der Waals surface area contributed by atoms with Gasteiger partial charge >= 0.3 is 17.9 Å². The second-order valence-corrected chi connectivity index (χ2v) is 19.6. The zero-order valence-corrected chi connectivity index (χ0v) is 44.2. The largest absolute Gasteiger partial charge is 0.462 e. The van der Waals surface area contributed by atoms with Crippen molar-refractivity contribution in [2.45, 2.75) is 316 Å². The molecule has 0 aliphatic rings. The predicted octanol–water partition coefficient (Wildman–Crippen LogP) is 19.3. The minimum Gasteiger partial charge on any atom is -0.462 e. The first-order valence-corrected chi connectivity index (χ1v) is 29.0. The van der Waals surface area contributed by atoms with Gasteiger partial charge in [-0.05, 0) is 77.0 Å². The highest BCUT2D eigenvalue weighted by molar-refractivity contribution is 5.71. The molecule has 6 heteroatoms. The lowest BCUT2D eigenvalue weighted by Gasteiger charge is -2.18. The molecule has 6 nitrogen and oxygen atoms in total. The van der Waals surface area contributed by atoms with E-state index in [2.05, 4.69) is 57.2 Å². The molecule has 0 amide bonds. The highest BCUT2D eigenvalue weighted by atomic mass is 16.6. The highest BCUT2D eigenvalue weighted by Crippen LogP contribution is 2.16. The number of esters is 3. The Kier molecular flexibility index (Phi) is 53.2. The molecule has 0 aromatic carbocycles. The van der Waals surface area contributed by atoms with Gasteiger partial charge in [0, 0.05) is 19.3 Å². The Hall–Kier alpha value is -2.37. The molecule has 0 N–H and O–H groups in total. The molecule has 66 heavy (non-hydrogen) atoms. The molecular formula is C60H110O6. The Balaban J connectivity index is 4.37. The van der Waals surface area contributed by atoms with Crippen molar-refractivity contribution in [3.63, 3.8) is 0 Å². The summed E-state index contributed by atoms with van der Waals surface area (Å²) in [4.78, 5) is 38.1. The van der Waals surface area contributed by atoms with E-state index in [4.69, 9.17) is 14.2 Å². The number of unbranched alkanes of at least 4 members (excludes halogenated alkanes) is 36.